The second-order valence-electron chi connectivity index (χ2n) is 4.54. The van der Waals surface area contributed by atoms with Gasteiger partial charge in [-0.15, -0.1) is 0 Å². The smallest absolute Gasteiger partial charge is 0.238 e. The average molecular weight is 286 g/mol. The minimum Gasteiger partial charge on any atom is -0.368 e. The van der Waals surface area contributed by atoms with E-state index in [4.69, 9.17) is 5.73 Å². The van der Waals surface area contributed by atoms with E-state index in [0.717, 1.165) is 29.6 Å². The van der Waals surface area contributed by atoms with Crippen LogP contribution in [0.25, 0.3) is 0 Å². The molecule has 0 aliphatic heterocycles. The van der Waals surface area contributed by atoms with Crippen molar-refractivity contribution >= 4 is 29.2 Å². The second kappa shape index (κ2) is 5.54. The molecule has 1 aliphatic carbocycles. The van der Waals surface area contributed by atoms with Gasteiger partial charge in [-0.1, -0.05) is 18.7 Å². The van der Waals surface area contributed by atoms with Crippen molar-refractivity contribution in [2.45, 2.75) is 36.6 Å². The van der Waals surface area contributed by atoms with E-state index < -0.39 is 5.54 Å². The van der Waals surface area contributed by atoms with E-state index in [1.807, 2.05) is 13.8 Å². The van der Waals surface area contributed by atoms with Gasteiger partial charge in [0.05, 0.1) is 0 Å². The molecular weight excluding hydrogens is 268 g/mol. The Kier molecular flexibility index (Phi) is 4.24. The van der Waals surface area contributed by atoms with Crippen molar-refractivity contribution < 1.29 is 4.79 Å². The first kappa shape index (κ1) is 13.8. The van der Waals surface area contributed by atoms with E-state index in [1.165, 1.54) is 11.5 Å². The lowest BCUT2D eigenvalue weighted by molar-refractivity contribution is -0.124. The number of carbonyl (C=O) groups excluding carboxylic acids is 1. The highest BCUT2D eigenvalue weighted by atomic mass is 32.2. The molecule has 0 radical (unpaired) electrons. The number of rotatable bonds is 7. The van der Waals surface area contributed by atoms with E-state index in [0.29, 0.717) is 11.7 Å². The SMILES string of the molecule is CCNC(CSc1nc(C)ns1)(C(N)=O)C1CC1. The van der Waals surface area contributed by atoms with Gasteiger partial charge in [-0.3, -0.25) is 4.79 Å². The molecule has 1 amide bonds. The maximum atomic E-state index is 11.8. The zero-order valence-electron chi connectivity index (χ0n) is 10.6. The van der Waals surface area contributed by atoms with Gasteiger partial charge in [0.25, 0.3) is 0 Å². The van der Waals surface area contributed by atoms with E-state index >= 15 is 0 Å². The number of nitrogens with two attached hydrogens (primary N) is 1. The van der Waals surface area contributed by atoms with Crippen molar-refractivity contribution in [3.05, 3.63) is 5.82 Å². The molecule has 1 heterocycles. The van der Waals surface area contributed by atoms with Gasteiger partial charge in [0, 0.05) is 5.75 Å². The third-order valence-corrected chi connectivity index (χ3v) is 5.26. The van der Waals surface area contributed by atoms with Crippen molar-refractivity contribution in [1.82, 2.24) is 14.7 Å². The Morgan fingerprint density at radius 1 is 1.67 bits per heavy atom. The molecule has 1 fully saturated rings. The molecule has 7 heteroatoms. The molecule has 1 saturated carbocycles. The first-order valence-electron chi connectivity index (χ1n) is 6.06. The van der Waals surface area contributed by atoms with Crippen LogP contribution in [0.15, 0.2) is 4.34 Å². The number of nitrogens with one attached hydrogen (secondary N) is 1. The molecule has 1 atom stereocenters. The lowest BCUT2D eigenvalue weighted by Gasteiger charge is -2.31. The van der Waals surface area contributed by atoms with Crippen LogP contribution < -0.4 is 11.1 Å². The number of aryl methyl sites for hydroxylation is 1. The normalized spacial score (nSPS) is 18.6. The Morgan fingerprint density at radius 3 is 2.83 bits per heavy atom. The first-order chi connectivity index (χ1) is 8.58. The molecule has 0 bridgehead atoms. The Bertz CT molecular complexity index is 432. The summed E-state index contributed by atoms with van der Waals surface area (Å²) in [6.45, 7) is 4.61. The van der Waals surface area contributed by atoms with Crippen LogP contribution in [-0.2, 0) is 4.79 Å². The van der Waals surface area contributed by atoms with E-state index in [-0.39, 0.29) is 5.91 Å². The molecule has 1 unspecified atom stereocenters. The molecule has 0 spiro atoms. The van der Waals surface area contributed by atoms with Gasteiger partial charge in [-0.05, 0) is 43.8 Å². The molecule has 5 nitrogen and oxygen atoms in total. The number of likely N-dealkylation sites (N-methyl/N-ethyl adjacent to an activating group) is 1. The Hall–Kier alpha value is -0.660. The van der Waals surface area contributed by atoms with Crippen LogP contribution in [0.1, 0.15) is 25.6 Å². The highest BCUT2D eigenvalue weighted by molar-refractivity contribution is 8.01. The van der Waals surface area contributed by atoms with Crippen LogP contribution in [0.2, 0.25) is 0 Å². The largest absolute Gasteiger partial charge is 0.368 e. The highest BCUT2D eigenvalue weighted by Crippen LogP contribution is 2.42. The summed E-state index contributed by atoms with van der Waals surface area (Å²) in [6, 6.07) is 0. The third kappa shape index (κ3) is 2.84. The fourth-order valence-corrected chi connectivity index (χ4v) is 4.03. The standard InChI is InChI=1S/C11H18N4OS2/c1-3-13-11(9(12)16,8-4-5-8)6-17-10-14-7(2)15-18-10/h8,13H,3-6H2,1-2H3,(H2,12,16). The summed E-state index contributed by atoms with van der Waals surface area (Å²) in [5.74, 6) is 1.54. The number of hydrogen-bond donors (Lipinski definition) is 2. The van der Waals surface area contributed by atoms with Gasteiger partial charge in [0.15, 0.2) is 4.34 Å². The molecular formula is C11H18N4OS2. The van der Waals surface area contributed by atoms with Crippen LogP contribution in [0.5, 0.6) is 0 Å². The molecule has 0 saturated heterocycles. The van der Waals surface area contributed by atoms with E-state index in [9.17, 15) is 4.79 Å². The fourth-order valence-electron chi connectivity index (χ4n) is 2.08. The molecule has 1 aromatic heterocycles. The van der Waals surface area contributed by atoms with Crippen LogP contribution >= 0.6 is 23.3 Å². The zero-order valence-corrected chi connectivity index (χ0v) is 12.2. The molecule has 1 aliphatic rings. The van der Waals surface area contributed by atoms with E-state index in [2.05, 4.69) is 14.7 Å². The second-order valence-corrected chi connectivity index (χ2v) is 6.51. The van der Waals surface area contributed by atoms with Crippen LogP contribution in [0, 0.1) is 12.8 Å². The molecule has 2 rings (SSSR count). The first-order valence-corrected chi connectivity index (χ1v) is 7.82. The summed E-state index contributed by atoms with van der Waals surface area (Å²) in [5, 5.41) is 3.30. The summed E-state index contributed by atoms with van der Waals surface area (Å²) in [5.41, 5.74) is 5.04. The van der Waals surface area contributed by atoms with Gasteiger partial charge >= 0.3 is 0 Å². The van der Waals surface area contributed by atoms with Crippen LogP contribution in [-0.4, -0.2) is 33.1 Å². The predicted molar refractivity (Wildman–Crippen MR) is 73.7 cm³/mol. The maximum Gasteiger partial charge on any atom is 0.238 e. The summed E-state index contributed by atoms with van der Waals surface area (Å²) in [4.78, 5) is 16.1. The quantitative estimate of drug-likeness (QED) is 0.736. The van der Waals surface area contributed by atoms with E-state index in [1.54, 1.807) is 11.8 Å². The van der Waals surface area contributed by atoms with Gasteiger partial charge < -0.3 is 11.1 Å². The Morgan fingerprint density at radius 2 is 2.39 bits per heavy atom. The summed E-state index contributed by atoms with van der Waals surface area (Å²) >= 11 is 2.94. The Labute approximate surface area is 115 Å². The van der Waals surface area contributed by atoms with Crippen molar-refractivity contribution in [3.8, 4) is 0 Å². The third-order valence-electron chi connectivity index (χ3n) is 3.14. The van der Waals surface area contributed by atoms with Gasteiger partial charge in [-0.25, -0.2) is 4.98 Å². The van der Waals surface area contributed by atoms with Gasteiger partial charge in [0.2, 0.25) is 5.91 Å². The number of thioether (sulfide) groups is 1. The van der Waals surface area contributed by atoms with Crippen molar-refractivity contribution in [2.75, 3.05) is 12.3 Å². The number of nitrogens with zero attached hydrogens (tertiary/aromatic N) is 2. The number of primary amides is 1. The zero-order chi connectivity index (χ0) is 13.2. The number of amides is 1. The average Bonchev–Trinajstić information content (AvgIpc) is 3.08. The molecule has 0 aromatic carbocycles. The topological polar surface area (TPSA) is 80.9 Å². The van der Waals surface area contributed by atoms with Gasteiger partial charge in [0.1, 0.15) is 11.4 Å². The summed E-state index contributed by atoms with van der Waals surface area (Å²) in [7, 11) is 0. The lowest BCUT2D eigenvalue weighted by Crippen LogP contribution is -2.59. The Balaban J connectivity index is 2.07. The van der Waals surface area contributed by atoms with Gasteiger partial charge in [-0.2, -0.15) is 4.37 Å². The van der Waals surface area contributed by atoms with Crippen LogP contribution in [0.4, 0.5) is 0 Å². The summed E-state index contributed by atoms with van der Waals surface area (Å²) < 4.78 is 5.04. The van der Waals surface area contributed by atoms with Crippen molar-refractivity contribution in [1.29, 1.82) is 0 Å². The number of hydrogen-bond acceptors (Lipinski definition) is 6. The monoisotopic (exact) mass is 286 g/mol. The molecule has 1 aromatic rings. The lowest BCUT2D eigenvalue weighted by atomic mass is 9.94. The highest BCUT2D eigenvalue weighted by Gasteiger charge is 2.49. The minimum absolute atomic E-state index is 0.249. The fraction of sp³-hybridized carbons (Fsp3) is 0.727. The van der Waals surface area contributed by atoms with Crippen molar-refractivity contribution in [2.24, 2.45) is 11.7 Å². The maximum absolute atomic E-state index is 11.8. The van der Waals surface area contributed by atoms with Crippen molar-refractivity contribution in [3.63, 3.8) is 0 Å². The predicted octanol–water partition coefficient (Wildman–Crippen LogP) is 1.18. The molecule has 3 N–H and O–H groups in total. The minimum atomic E-state index is -0.584. The summed E-state index contributed by atoms with van der Waals surface area (Å²) in [6.07, 6.45) is 2.15. The molecule has 100 valence electrons. The number of carbonyl (C=O) groups is 1. The van der Waals surface area contributed by atoms with Crippen LogP contribution in [0.3, 0.4) is 0 Å². The number of aromatic nitrogens is 2. The molecule has 18 heavy (non-hydrogen) atoms.